The number of pyridine rings is 1. The molecule has 3 nitrogen and oxygen atoms in total. The van der Waals surface area contributed by atoms with E-state index in [0.29, 0.717) is 18.2 Å². The molecule has 0 aliphatic rings. The van der Waals surface area contributed by atoms with Crippen molar-refractivity contribution in [2.45, 2.75) is 13.5 Å². The number of H-pyrrole nitrogens is 1. The summed E-state index contributed by atoms with van der Waals surface area (Å²) in [5.41, 5.74) is 8.11. The molecule has 3 heteroatoms. The molecule has 0 fully saturated rings. The highest BCUT2D eigenvalue weighted by molar-refractivity contribution is 5.40. The van der Waals surface area contributed by atoms with E-state index < -0.39 is 0 Å². The fourth-order valence-corrected chi connectivity index (χ4v) is 1.52. The lowest BCUT2D eigenvalue weighted by atomic mass is 10.1. The quantitative estimate of drug-likeness (QED) is 0.851. The summed E-state index contributed by atoms with van der Waals surface area (Å²) in [5, 5.41) is 0. The molecule has 82 valence electrons. The Morgan fingerprint density at radius 2 is 2.12 bits per heavy atom. The first-order valence-electron chi connectivity index (χ1n) is 5.20. The standard InChI is InChI=1S/C13H14N2O/c1-10-4-2-5-11(8-10)9-16-12-6-3-7-15-13(12)14/h2-8H,9H2,1H3,(H2,14,15)/p+1. The summed E-state index contributed by atoms with van der Waals surface area (Å²) in [5.74, 6) is 1.24. The van der Waals surface area contributed by atoms with Crippen LogP contribution in [0.4, 0.5) is 5.82 Å². The van der Waals surface area contributed by atoms with E-state index in [1.807, 2.05) is 24.3 Å². The van der Waals surface area contributed by atoms with E-state index >= 15 is 0 Å². The number of aromatic nitrogens is 1. The highest BCUT2D eigenvalue weighted by Gasteiger charge is 2.04. The monoisotopic (exact) mass is 215 g/mol. The van der Waals surface area contributed by atoms with Crippen molar-refractivity contribution in [3.05, 3.63) is 53.7 Å². The Morgan fingerprint density at radius 1 is 1.25 bits per heavy atom. The van der Waals surface area contributed by atoms with Crippen LogP contribution in [0.15, 0.2) is 42.6 Å². The minimum Gasteiger partial charge on any atom is -0.481 e. The van der Waals surface area contributed by atoms with E-state index in [1.165, 1.54) is 5.56 Å². The van der Waals surface area contributed by atoms with Crippen LogP contribution >= 0.6 is 0 Å². The van der Waals surface area contributed by atoms with Crippen LogP contribution in [0.5, 0.6) is 5.75 Å². The third-order valence-electron chi connectivity index (χ3n) is 2.32. The van der Waals surface area contributed by atoms with Gasteiger partial charge < -0.3 is 4.74 Å². The number of rotatable bonds is 3. The number of nitrogens with one attached hydrogen (secondary N) is 1. The molecule has 2 aromatic rings. The van der Waals surface area contributed by atoms with Crippen LogP contribution in [0, 0.1) is 6.92 Å². The Labute approximate surface area is 94.9 Å². The Morgan fingerprint density at radius 3 is 2.88 bits per heavy atom. The van der Waals surface area contributed by atoms with Crippen LogP contribution in [-0.4, -0.2) is 0 Å². The van der Waals surface area contributed by atoms with Crippen molar-refractivity contribution in [3.8, 4) is 5.75 Å². The average Bonchev–Trinajstić information content (AvgIpc) is 2.28. The molecule has 0 unspecified atom stereocenters. The molecule has 3 N–H and O–H groups in total. The fraction of sp³-hybridized carbons (Fsp3) is 0.154. The van der Waals surface area contributed by atoms with E-state index in [0.717, 1.165) is 5.56 Å². The Kier molecular flexibility index (Phi) is 3.05. The molecule has 2 rings (SSSR count). The number of aromatic amines is 1. The Balaban J connectivity index is 2.05. The van der Waals surface area contributed by atoms with Gasteiger partial charge in [-0.05, 0) is 24.6 Å². The van der Waals surface area contributed by atoms with Crippen molar-refractivity contribution < 1.29 is 9.72 Å². The Hall–Kier alpha value is -2.03. The second-order valence-electron chi connectivity index (χ2n) is 3.73. The number of anilines is 1. The van der Waals surface area contributed by atoms with Crippen molar-refractivity contribution in [2.75, 3.05) is 5.73 Å². The van der Waals surface area contributed by atoms with Gasteiger partial charge in [0.15, 0.2) is 0 Å². The van der Waals surface area contributed by atoms with Crippen LogP contribution in [0.25, 0.3) is 0 Å². The van der Waals surface area contributed by atoms with Gasteiger partial charge in [-0.25, -0.2) is 4.98 Å². The zero-order valence-electron chi connectivity index (χ0n) is 9.23. The summed E-state index contributed by atoms with van der Waals surface area (Å²) < 4.78 is 5.62. The second-order valence-corrected chi connectivity index (χ2v) is 3.73. The van der Waals surface area contributed by atoms with Crippen LogP contribution in [0.1, 0.15) is 11.1 Å². The molecule has 0 amide bonds. The molecule has 0 radical (unpaired) electrons. The van der Waals surface area contributed by atoms with Gasteiger partial charge in [-0.1, -0.05) is 29.8 Å². The van der Waals surface area contributed by atoms with Crippen LogP contribution < -0.4 is 15.5 Å². The summed E-state index contributed by atoms with van der Waals surface area (Å²) in [6, 6.07) is 11.9. The van der Waals surface area contributed by atoms with Crippen LogP contribution in [-0.2, 0) is 6.61 Å². The highest BCUT2D eigenvalue weighted by Crippen LogP contribution is 2.16. The van der Waals surface area contributed by atoms with Gasteiger partial charge in [0.25, 0.3) is 0 Å². The van der Waals surface area contributed by atoms with Gasteiger partial charge in [-0.3, -0.25) is 5.73 Å². The van der Waals surface area contributed by atoms with Gasteiger partial charge in [0.2, 0.25) is 5.75 Å². The van der Waals surface area contributed by atoms with Gasteiger partial charge >= 0.3 is 5.82 Å². The predicted octanol–water partition coefficient (Wildman–Crippen LogP) is 1.97. The van der Waals surface area contributed by atoms with Gasteiger partial charge in [-0.15, -0.1) is 0 Å². The van der Waals surface area contributed by atoms with Gasteiger partial charge in [0.1, 0.15) is 6.61 Å². The largest absolute Gasteiger partial charge is 0.481 e. The van der Waals surface area contributed by atoms with E-state index in [1.54, 1.807) is 6.20 Å². The third kappa shape index (κ3) is 2.51. The van der Waals surface area contributed by atoms with Crippen molar-refractivity contribution in [3.63, 3.8) is 0 Å². The number of nitrogens with two attached hydrogens (primary N) is 1. The average molecular weight is 215 g/mol. The van der Waals surface area contributed by atoms with Crippen molar-refractivity contribution in [1.29, 1.82) is 0 Å². The van der Waals surface area contributed by atoms with E-state index in [-0.39, 0.29) is 0 Å². The third-order valence-corrected chi connectivity index (χ3v) is 2.32. The van der Waals surface area contributed by atoms with Crippen LogP contribution in [0.3, 0.4) is 0 Å². The maximum absolute atomic E-state index is 5.73. The van der Waals surface area contributed by atoms with E-state index in [2.05, 4.69) is 24.0 Å². The topological polar surface area (TPSA) is 49.4 Å². The molecule has 0 aliphatic heterocycles. The molecule has 0 spiro atoms. The first kappa shape index (κ1) is 10.5. The molecular formula is C13H15N2O+. The molecular weight excluding hydrogens is 200 g/mol. The molecule has 0 bridgehead atoms. The molecule has 1 aromatic heterocycles. The molecule has 0 aliphatic carbocycles. The lowest BCUT2D eigenvalue weighted by molar-refractivity contribution is -0.361. The first-order valence-corrected chi connectivity index (χ1v) is 5.20. The van der Waals surface area contributed by atoms with Gasteiger partial charge in [0, 0.05) is 0 Å². The number of aryl methyl sites for hydroxylation is 1. The number of hydrogen-bond donors (Lipinski definition) is 1. The van der Waals surface area contributed by atoms with Gasteiger partial charge in [0.05, 0.1) is 6.20 Å². The first-order chi connectivity index (χ1) is 7.75. The number of hydrogen-bond acceptors (Lipinski definition) is 2. The van der Waals surface area contributed by atoms with Crippen molar-refractivity contribution in [2.24, 2.45) is 0 Å². The summed E-state index contributed by atoms with van der Waals surface area (Å²) >= 11 is 0. The van der Waals surface area contributed by atoms with E-state index in [4.69, 9.17) is 10.5 Å². The summed E-state index contributed by atoms with van der Waals surface area (Å²) in [4.78, 5) is 2.90. The van der Waals surface area contributed by atoms with Crippen LogP contribution in [0.2, 0.25) is 0 Å². The molecule has 16 heavy (non-hydrogen) atoms. The maximum atomic E-state index is 5.73. The maximum Gasteiger partial charge on any atom is 0.313 e. The van der Waals surface area contributed by atoms with Crippen molar-refractivity contribution >= 4 is 5.82 Å². The number of nitrogen functional groups attached to an aromatic ring is 1. The predicted molar refractivity (Wildman–Crippen MR) is 62.9 cm³/mol. The second kappa shape index (κ2) is 4.66. The molecule has 0 saturated heterocycles. The molecule has 0 atom stereocenters. The lowest BCUT2D eigenvalue weighted by Gasteiger charge is -2.05. The molecule has 1 heterocycles. The molecule has 1 aromatic carbocycles. The number of benzene rings is 1. The summed E-state index contributed by atoms with van der Waals surface area (Å²) in [7, 11) is 0. The summed E-state index contributed by atoms with van der Waals surface area (Å²) in [6.07, 6.45) is 1.77. The lowest BCUT2D eigenvalue weighted by Crippen LogP contribution is -2.11. The zero-order chi connectivity index (χ0) is 11.4. The number of ether oxygens (including phenoxy) is 1. The normalized spacial score (nSPS) is 10.1. The Bertz CT molecular complexity index is 483. The summed E-state index contributed by atoms with van der Waals surface area (Å²) in [6.45, 7) is 2.60. The fourth-order valence-electron chi connectivity index (χ4n) is 1.52. The minimum atomic E-state index is 0.531. The minimum absolute atomic E-state index is 0.531. The van der Waals surface area contributed by atoms with E-state index in [9.17, 15) is 0 Å². The SMILES string of the molecule is Cc1cccc(COc2ccc[nH+]c2N)c1. The smallest absolute Gasteiger partial charge is 0.313 e. The highest BCUT2D eigenvalue weighted by atomic mass is 16.5. The molecule has 0 saturated carbocycles. The van der Waals surface area contributed by atoms with Gasteiger partial charge in [-0.2, -0.15) is 0 Å². The zero-order valence-corrected chi connectivity index (χ0v) is 9.23. The van der Waals surface area contributed by atoms with Crippen molar-refractivity contribution in [1.82, 2.24) is 0 Å².